The highest BCUT2D eigenvalue weighted by molar-refractivity contribution is 5.83. The molecule has 3 aromatic rings. The van der Waals surface area contributed by atoms with E-state index in [0.29, 0.717) is 12.2 Å². The van der Waals surface area contributed by atoms with Crippen LogP contribution in [0.1, 0.15) is 19.4 Å². The SMILES string of the molecule is CC(C)(C(=O)NCc1ccncc1)n1nc(-c2ccccc2)ccc1=O. The molecule has 1 N–H and O–H groups in total. The first kappa shape index (κ1) is 17.5. The maximum absolute atomic E-state index is 12.7. The van der Waals surface area contributed by atoms with Crippen molar-refractivity contribution >= 4 is 5.91 Å². The molecule has 0 fully saturated rings. The summed E-state index contributed by atoms with van der Waals surface area (Å²) in [6.07, 6.45) is 3.34. The zero-order valence-electron chi connectivity index (χ0n) is 14.7. The number of nitrogens with zero attached hydrogens (tertiary/aromatic N) is 3. The van der Waals surface area contributed by atoms with Gasteiger partial charge in [-0.2, -0.15) is 5.10 Å². The van der Waals surface area contributed by atoms with E-state index in [4.69, 9.17) is 0 Å². The second kappa shape index (κ2) is 7.31. The largest absolute Gasteiger partial charge is 0.350 e. The van der Waals surface area contributed by atoms with Crippen LogP contribution in [-0.2, 0) is 16.9 Å². The van der Waals surface area contributed by atoms with E-state index in [1.54, 1.807) is 32.3 Å². The summed E-state index contributed by atoms with van der Waals surface area (Å²) in [5.41, 5.74) is 1.00. The third-order valence-corrected chi connectivity index (χ3v) is 4.16. The zero-order valence-corrected chi connectivity index (χ0v) is 14.7. The van der Waals surface area contributed by atoms with Crippen LogP contribution in [0.3, 0.4) is 0 Å². The van der Waals surface area contributed by atoms with Crippen LogP contribution >= 0.6 is 0 Å². The Morgan fingerprint density at radius 1 is 1.04 bits per heavy atom. The van der Waals surface area contributed by atoms with Gasteiger partial charge in [-0.15, -0.1) is 0 Å². The number of carbonyl (C=O) groups excluding carboxylic acids is 1. The molecule has 3 rings (SSSR count). The molecule has 2 aromatic heterocycles. The summed E-state index contributed by atoms with van der Waals surface area (Å²) in [6, 6.07) is 16.3. The van der Waals surface area contributed by atoms with Gasteiger partial charge in [0.2, 0.25) is 5.91 Å². The van der Waals surface area contributed by atoms with E-state index < -0.39 is 5.54 Å². The number of carbonyl (C=O) groups is 1. The molecule has 1 amide bonds. The fourth-order valence-electron chi connectivity index (χ4n) is 2.57. The Bertz CT molecular complexity index is 950. The second-order valence-corrected chi connectivity index (χ2v) is 6.43. The van der Waals surface area contributed by atoms with Gasteiger partial charge in [-0.1, -0.05) is 30.3 Å². The van der Waals surface area contributed by atoms with Gasteiger partial charge >= 0.3 is 0 Å². The molecule has 0 aliphatic rings. The van der Waals surface area contributed by atoms with E-state index in [0.717, 1.165) is 11.1 Å². The molecule has 2 heterocycles. The number of hydrogen-bond acceptors (Lipinski definition) is 4. The van der Waals surface area contributed by atoms with Crippen LogP contribution in [0.25, 0.3) is 11.3 Å². The topological polar surface area (TPSA) is 76.9 Å². The molecule has 132 valence electrons. The van der Waals surface area contributed by atoms with Crippen molar-refractivity contribution in [3.63, 3.8) is 0 Å². The molecule has 6 heteroatoms. The molecule has 6 nitrogen and oxygen atoms in total. The van der Waals surface area contributed by atoms with Crippen molar-refractivity contribution in [3.8, 4) is 11.3 Å². The van der Waals surface area contributed by atoms with Gasteiger partial charge in [0, 0.05) is 30.6 Å². The Kier molecular flexibility index (Phi) is 4.93. The summed E-state index contributed by atoms with van der Waals surface area (Å²) < 4.78 is 1.23. The van der Waals surface area contributed by atoms with Crippen molar-refractivity contribution in [1.29, 1.82) is 0 Å². The fourth-order valence-corrected chi connectivity index (χ4v) is 2.57. The fraction of sp³-hybridized carbons (Fsp3) is 0.200. The molecule has 0 radical (unpaired) electrons. The van der Waals surface area contributed by atoms with E-state index in [2.05, 4.69) is 15.4 Å². The molecule has 0 aliphatic heterocycles. The minimum Gasteiger partial charge on any atom is -0.350 e. The van der Waals surface area contributed by atoms with Crippen molar-refractivity contribution in [2.24, 2.45) is 0 Å². The van der Waals surface area contributed by atoms with Crippen LogP contribution in [0.15, 0.2) is 71.8 Å². The number of hydrogen-bond donors (Lipinski definition) is 1. The van der Waals surface area contributed by atoms with Gasteiger partial charge < -0.3 is 5.32 Å². The number of rotatable bonds is 5. The Morgan fingerprint density at radius 3 is 2.42 bits per heavy atom. The molecule has 0 saturated carbocycles. The molecule has 1 aromatic carbocycles. The van der Waals surface area contributed by atoms with Crippen LogP contribution in [-0.4, -0.2) is 20.7 Å². The average molecular weight is 348 g/mol. The first-order chi connectivity index (χ1) is 12.5. The van der Waals surface area contributed by atoms with Gasteiger partial charge in [0.15, 0.2) is 0 Å². The third-order valence-electron chi connectivity index (χ3n) is 4.16. The lowest BCUT2D eigenvalue weighted by molar-refractivity contribution is -0.129. The summed E-state index contributed by atoms with van der Waals surface area (Å²) in [4.78, 5) is 29.0. The van der Waals surface area contributed by atoms with Gasteiger partial charge in [-0.3, -0.25) is 14.6 Å². The van der Waals surface area contributed by atoms with E-state index in [-0.39, 0.29) is 11.5 Å². The highest BCUT2D eigenvalue weighted by Crippen LogP contribution is 2.17. The molecule has 0 aliphatic carbocycles. The average Bonchev–Trinajstić information content (AvgIpc) is 2.67. The van der Waals surface area contributed by atoms with Crippen molar-refractivity contribution in [2.45, 2.75) is 25.9 Å². The molecule has 0 bridgehead atoms. The molecule has 0 unspecified atom stereocenters. The Labute approximate surface area is 151 Å². The summed E-state index contributed by atoms with van der Waals surface area (Å²) in [5, 5.41) is 7.28. The quantitative estimate of drug-likeness (QED) is 0.768. The third kappa shape index (κ3) is 3.69. The molecular weight excluding hydrogens is 328 g/mol. The van der Waals surface area contributed by atoms with Crippen molar-refractivity contribution in [2.75, 3.05) is 0 Å². The Morgan fingerprint density at radius 2 is 1.73 bits per heavy atom. The molecule has 0 atom stereocenters. The summed E-state index contributed by atoms with van der Waals surface area (Å²) in [7, 11) is 0. The molecule has 0 saturated heterocycles. The Balaban J connectivity index is 1.86. The first-order valence-electron chi connectivity index (χ1n) is 8.32. The van der Waals surface area contributed by atoms with E-state index in [9.17, 15) is 9.59 Å². The number of aromatic nitrogens is 3. The maximum Gasteiger partial charge on any atom is 0.267 e. The number of amides is 1. The minimum absolute atomic E-state index is 0.283. The van der Waals surface area contributed by atoms with E-state index in [1.165, 1.54) is 10.7 Å². The van der Waals surface area contributed by atoms with Crippen LogP contribution in [0.5, 0.6) is 0 Å². The van der Waals surface area contributed by atoms with E-state index >= 15 is 0 Å². The Hall–Kier alpha value is -3.28. The van der Waals surface area contributed by atoms with E-state index in [1.807, 2.05) is 42.5 Å². The van der Waals surface area contributed by atoms with Crippen LogP contribution < -0.4 is 10.9 Å². The highest BCUT2D eigenvalue weighted by atomic mass is 16.2. The van der Waals surface area contributed by atoms with Crippen molar-refractivity contribution in [3.05, 3.63) is 82.9 Å². The summed E-state index contributed by atoms with van der Waals surface area (Å²) in [6.45, 7) is 3.72. The minimum atomic E-state index is -1.13. The van der Waals surface area contributed by atoms with Crippen molar-refractivity contribution in [1.82, 2.24) is 20.1 Å². The summed E-state index contributed by atoms with van der Waals surface area (Å²) in [5.74, 6) is -0.283. The van der Waals surface area contributed by atoms with Gasteiger partial charge in [0.05, 0.1) is 5.69 Å². The highest BCUT2D eigenvalue weighted by Gasteiger charge is 2.32. The van der Waals surface area contributed by atoms with Crippen LogP contribution in [0, 0.1) is 0 Å². The summed E-state index contributed by atoms with van der Waals surface area (Å²) >= 11 is 0. The zero-order chi connectivity index (χ0) is 18.6. The lowest BCUT2D eigenvalue weighted by Gasteiger charge is -2.25. The maximum atomic E-state index is 12.7. The lowest BCUT2D eigenvalue weighted by Crippen LogP contribution is -2.49. The standard InChI is InChI=1S/C20H20N4O2/c1-20(2,19(26)22-14-15-10-12-21-13-11-15)24-18(25)9-8-17(23-24)16-6-4-3-5-7-16/h3-13H,14H2,1-2H3,(H,22,26). The van der Waals surface area contributed by atoms with Crippen molar-refractivity contribution < 1.29 is 4.79 Å². The molecular formula is C20H20N4O2. The van der Waals surface area contributed by atoms with Gasteiger partial charge in [0.25, 0.3) is 5.56 Å². The van der Waals surface area contributed by atoms with Crippen LogP contribution in [0.2, 0.25) is 0 Å². The second-order valence-electron chi connectivity index (χ2n) is 6.43. The monoisotopic (exact) mass is 348 g/mol. The predicted molar refractivity (Wildman–Crippen MR) is 99.3 cm³/mol. The van der Waals surface area contributed by atoms with Gasteiger partial charge in [-0.25, -0.2) is 4.68 Å². The number of pyridine rings is 1. The predicted octanol–water partition coefficient (Wildman–Crippen LogP) is 2.36. The number of benzene rings is 1. The van der Waals surface area contributed by atoms with Crippen LogP contribution in [0.4, 0.5) is 0 Å². The normalized spacial score (nSPS) is 11.2. The molecule has 0 spiro atoms. The molecule has 26 heavy (non-hydrogen) atoms. The lowest BCUT2D eigenvalue weighted by atomic mass is 10.0. The van der Waals surface area contributed by atoms with Gasteiger partial charge in [0.1, 0.15) is 5.54 Å². The van der Waals surface area contributed by atoms with Gasteiger partial charge in [-0.05, 0) is 37.6 Å². The smallest absolute Gasteiger partial charge is 0.267 e. The first-order valence-corrected chi connectivity index (χ1v) is 8.32. The number of nitrogens with one attached hydrogen (secondary N) is 1.